The van der Waals surface area contributed by atoms with Crippen LogP contribution in [-0.4, -0.2) is 14.7 Å². The average molecular weight is 293 g/mol. The predicted octanol–water partition coefficient (Wildman–Crippen LogP) is 3.56. The smallest absolute Gasteiger partial charge is 0.112 e. The molecule has 0 aliphatic carbocycles. The summed E-state index contributed by atoms with van der Waals surface area (Å²) < 4.78 is 2.01. The quantitative estimate of drug-likeness (QED) is 0.801. The number of thiophene rings is 1. The van der Waals surface area contributed by atoms with Crippen LogP contribution >= 0.6 is 22.9 Å². The molecule has 0 bridgehead atoms. The Labute approximate surface area is 120 Å². The highest BCUT2D eigenvalue weighted by Gasteiger charge is 2.17. The van der Waals surface area contributed by atoms with E-state index in [2.05, 4.69) is 4.98 Å². The first-order valence-corrected chi connectivity index (χ1v) is 7.24. The van der Waals surface area contributed by atoms with Crippen LogP contribution in [0.2, 0.25) is 5.02 Å². The fourth-order valence-electron chi connectivity index (χ4n) is 2.19. The Morgan fingerprint density at radius 2 is 2.16 bits per heavy atom. The monoisotopic (exact) mass is 292 g/mol. The zero-order valence-electron chi connectivity index (χ0n) is 10.4. The summed E-state index contributed by atoms with van der Waals surface area (Å²) in [7, 11) is 1.97. The first-order valence-electron chi connectivity index (χ1n) is 5.98. The molecule has 0 fully saturated rings. The van der Waals surface area contributed by atoms with E-state index in [-0.39, 0.29) is 0 Å². The summed E-state index contributed by atoms with van der Waals surface area (Å²) >= 11 is 7.51. The largest absolute Gasteiger partial charge is 0.387 e. The fraction of sp³-hybridized carbons (Fsp3) is 0.214. The van der Waals surface area contributed by atoms with Gasteiger partial charge in [-0.25, -0.2) is 4.98 Å². The van der Waals surface area contributed by atoms with Gasteiger partial charge in [0.1, 0.15) is 5.82 Å². The predicted molar refractivity (Wildman–Crippen MR) is 78.7 cm³/mol. The van der Waals surface area contributed by atoms with Crippen LogP contribution < -0.4 is 0 Å². The van der Waals surface area contributed by atoms with Crippen LogP contribution in [0, 0.1) is 0 Å². The Bertz CT molecular complexity index is 719. The third-order valence-electron chi connectivity index (χ3n) is 3.20. The van der Waals surface area contributed by atoms with E-state index in [1.165, 1.54) is 11.3 Å². The van der Waals surface area contributed by atoms with E-state index in [1.54, 1.807) is 6.07 Å². The molecule has 2 aromatic heterocycles. The van der Waals surface area contributed by atoms with Gasteiger partial charge in [-0.05, 0) is 23.6 Å². The van der Waals surface area contributed by atoms with Gasteiger partial charge in [-0.15, -0.1) is 11.3 Å². The Morgan fingerprint density at radius 1 is 1.37 bits per heavy atom. The number of imidazole rings is 1. The standard InChI is InChI=1S/C14H13ClN2OS/c1-17-11-5-3-2-4-10(11)16-13(17)8-12(18)14-9(15)6-7-19-14/h2-7,12,18H,8H2,1H3. The van der Waals surface area contributed by atoms with Crippen molar-refractivity contribution < 1.29 is 5.11 Å². The number of halogens is 1. The molecule has 1 atom stereocenters. The van der Waals surface area contributed by atoms with E-state index in [0.29, 0.717) is 11.4 Å². The molecule has 3 aromatic rings. The van der Waals surface area contributed by atoms with E-state index < -0.39 is 6.10 Å². The van der Waals surface area contributed by atoms with Crippen molar-refractivity contribution in [2.75, 3.05) is 0 Å². The molecule has 98 valence electrons. The molecule has 5 heteroatoms. The second-order valence-corrected chi connectivity index (χ2v) is 5.78. The van der Waals surface area contributed by atoms with E-state index in [4.69, 9.17) is 11.6 Å². The summed E-state index contributed by atoms with van der Waals surface area (Å²) in [4.78, 5) is 5.36. The Kier molecular flexibility index (Phi) is 3.31. The van der Waals surface area contributed by atoms with E-state index in [1.807, 2.05) is 41.3 Å². The molecule has 19 heavy (non-hydrogen) atoms. The number of aryl methyl sites for hydroxylation is 1. The van der Waals surface area contributed by atoms with Gasteiger partial charge in [0.05, 0.1) is 27.0 Å². The van der Waals surface area contributed by atoms with Gasteiger partial charge in [0.25, 0.3) is 0 Å². The van der Waals surface area contributed by atoms with Crippen molar-refractivity contribution in [1.29, 1.82) is 0 Å². The molecule has 0 saturated carbocycles. The average Bonchev–Trinajstić information content (AvgIpc) is 2.95. The molecule has 0 aliphatic rings. The van der Waals surface area contributed by atoms with Crippen LogP contribution in [-0.2, 0) is 13.5 Å². The van der Waals surface area contributed by atoms with Crippen LogP contribution in [0.1, 0.15) is 16.8 Å². The van der Waals surface area contributed by atoms with Gasteiger partial charge in [-0.3, -0.25) is 0 Å². The molecule has 1 unspecified atom stereocenters. The third-order valence-corrected chi connectivity index (χ3v) is 4.66. The van der Waals surface area contributed by atoms with Gasteiger partial charge in [0, 0.05) is 13.5 Å². The van der Waals surface area contributed by atoms with Crippen molar-refractivity contribution in [1.82, 2.24) is 9.55 Å². The van der Waals surface area contributed by atoms with Gasteiger partial charge >= 0.3 is 0 Å². The van der Waals surface area contributed by atoms with Crippen molar-refractivity contribution in [3.8, 4) is 0 Å². The second kappa shape index (κ2) is 4.96. The number of nitrogens with zero attached hydrogens (tertiary/aromatic N) is 2. The van der Waals surface area contributed by atoms with Crippen LogP contribution in [0.15, 0.2) is 35.7 Å². The minimum atomic E-state index is -0.608. The highest BCUT2D eigenvalue weighted by Crippen LogP contribution is 2.30. The minimum Gasteiger partial charge on any atom is -0.387 e. The second-order valence-electron chi connectivity index (χ2n) is 4.43. The third kappa shape index (κ3) is 2.27. The van der Waals surface area contributed by atoms with Gasteiger partial charge in [-0.2, -0.15) is 0 Å². The minimum absolute atomic E-state index is 0.464. The highest BCUT2D eigenvalue weighted by atomic mass is 35.5. The number of para-hydroxylation sites is 2. The van der Waals surface area contributed by atoms with E-state index in [9.17, 15) is 5.11 Å². The van der Waals surface area contributed by atoms with Gasteiger partial charge in [0.15, 0.2) is 0 Å². The van der Waals surface area contributed by atoms with Crippen LogP contribution in [0.25, 0.3) is 11.0 Å². The van der Waals surface area contributed by atoms with Crippen LogP contribution in [0.4, 0.5) is 0 Å². The van der Waals surface area contributed by atoms with Gasteiger partial charge < -0.3 is 9.67 Å². The Balaban J connectivity index is 1.93. The number of benzene rings is 1. The summed E-state index contributed by atoms with van der Waals surface area (Å²) in [6.07, 6.45) is -0.145. The molecule has 0 saturated heterocycles. The number of hydrogen-bond donors (Lipinski definition) is 1. The van der Waals surface area contributed by atoms with E-state index >= 15 is 0 Å². The first-order chi connectivity index (χ1) is 9.16. The van der Waals surface area contributed by atoms with Crippen molar-refractivity contribution in [3.63, 3.8) is 0 Å². The van der Waals surface area contributed by atoms with Crippen molar-refractivity contribution in [2.24, 2.45) is 7.05 Å². The molecule has 1 aromatic carbocycles. The molecule has 2 heterocycles. The molecule has 0 spiro atoms. The zero-order valence-corrected chi connectivity index (χ0v) is 11.9. The first kappa shape index (κ1) is 12.7. The molecule has 0 aliphatic heterocycles. The Hall–Kier alpha value is -1.36. The number of aromatic nitrogens is 2. The lowest BCUT2D eigenvalue weighted by molar-refractivity contribution is 0.179. The van der Waals surface area contributed by atoms with Crippen molar-refractivity contribution in [2.45, 2.75) is 12.5 Å². The van der Waals surface area contributed by atoms with Crippen molar-refractivity contribution >= 4 is 34.0 Å². The molecular formula is C14H13ClN2OS. The SMILES string of the molecule is Cn1c(CC(O)c2sccc2Cl)nc2ccccc21. The maximum Gasteiger partial charge on any atom is 0.112 e. The zero-order chi connectivity index (χ0) is 13.4. The Morgan fingerprint density at radius 3 is 2.84 bits per heavy atom. The van der Waals surface area contributed by atoms with Gasteiger partial charge in [-0.1, -0.05) is 23.7 Å². The maximum atomic E-state index is 10.3. The lowest BCUT2D eigenvalue weighted by Gasteiger charge is -2.09. The summed E-state index contributed by atoms with van der Waals surface area (Å²) in [5.74, 6) is 0.859. The molecule has 1 N–H and O–H groups in total. The summed E-state index contributed by atoms with van der Waals surface area (Å²) in [6, 6.07) is 9.76. The molecule has 0 amide bonds. The molecule has 0 radical (unpaired) electrons. The van der Waals surface area contributed by atoms with Crippen LogP contribution in [0.3, 0.4) is 0 Å². The number of aliphatic hydroxyl groups is 1. The summed E-state index contributed by atoms with van der Waals surface area (Å²) in [5, 5.41) is 12.8. The lowest BCUT2D eigenvalue weighted by Crippen LogP contribution is -2.06. The van der Waals surface area contributed by atoms with E-state index in [0.717, 1.165) is 21.7 Å². The van der Waals surface area contributed by atoms with Crippen molar-refractivity contribution in [3.05, 3.63) is 51.4 Å². The van der Waals surface area contributed by atoms with Crippen LogP contribution in [0.5, 0.6) is 0 Å². The maximum absolute atomic E-state index is 10.3. The topological polar surface area (TPSA) is 38.0 Å². The number of fused-ring (bicyclic) bond motifs is 1. The lowest BCUT2D eigenvalue weighted by atomic mass is 10.2. The molecular weight excluding hydrogens is 280 g/mol. The number of aliphatic hydroxyl groups excluding tert-OH is 1. The summed E-state index contributed by atoms with van der Waals surface area (Å²) in [6.45, 7) is 0. The normalized spacial score (nSPS) is 13.0. The molecule has 3 rings (SSSR count). The van der Waals surface area contributed by atoms with Gasteiger partial charge in [0.2, 0.25) is 0 Å². The summed E-state index contributed by atoms with van der Waals surface area (Å²) in [5.41, 5.74) is 2.02. The highest BCUT2D eigenvalue weighted by molar-refractivity contribution is 7.10. The number of hydrogen-bond acceptors (Lipinski definition) is 3. The number of rotatable bonds is 3. The fourth-order valence-corrected chi connectivity index (χ4v) is 3.36. The molecule has 3 nitrogen and oxygen atoms in total.